The number of likely N-dealkylation sites (N-methyl/N-ethyl adjacent to an activating group) is 1. The highest BCUT2D eigenvalue weighted by atomic mass is 16.6. The van der Waals surface area contributed by atoms with Crippen molar-refractivity contribution in [2.75, 3.05) is 26.1 Å². The van der Waals surface area contributed by atoms with Gasteiger partial charge < -0.3 is 19.5 Å². The summed E-state index contributed by atoms with van der Waals surface area (Å²) in [5.41, 5.74) is -0.126. The largest absolute Gasteiger partial charge is 0.497 e. The molecule has 2 amide bonds. The summed E-state index contributed by atoms with van der Waals surface area (Å²) in [6.07, 6.45) is -0.579. The van der Waals surface area contributed by atoms with Gasteiger partial charge in [0, 0.05) is 13.1 Å². The minimum atomic E-state index is -0.789. The van der Waals surface area contributed by atoms with Crippen LogP contribution in [-0.2, 0) is 9.53 Å². The minimum absolute atomic E-state index is 0.0426. The molecule has 0 aliphatic carbocycles. The fraction of sp³-hybridized carbons (Fsp3) is 0.500. The summed E-state index contributed by atoms with van der Waals surface area (Å²) in [6.45, 7) is 5.35. The van der Waals surface area contributed by atoms with Gasteiger partial charge in [-0.3, -0.25) is 9.69 Å². The first-order valence-corrected chi connectivity index (χ1v) is 7.29. The molecule has 7 heteroatoms. The number of hydrogen-bond donors (Lipinski definition) is 1. The van der Waals surface area contributed by atoms with Crippen LogP contribution in [0.15, 0.2) is 18.2 Å². The molecule has 2 rings (SSSR count). The summed E-state index contributed by atoms with van der Waals surface area (Å²) in [6, 6.07) is 4.33. The van der Waals surface area contributed by atoms with Crippen LogP contribution in [0.2, 0.25) is 0 Å². The van der Waals surface area contributed by atoms with Crippen LogP contribution in [0.25, 0.3) is 0 Å². The highest BCUT2D eigenvalue weighted by Crippen LogP contribution is 2.31. The molecule has 0 spiro atoms. The second kappa shape index (κ2) is 6.36. The van der Waals surface area contributed by atoms with E-state index in [2.05, 4.69) is 5.32 Å². The molecule has 0 aromatic heterocycles. The number of nitrogens with one attached hydrogen (secondary N) is 1. The molecule has 1 aromatic rings. The summed E-state index contributed by atoms with van der Waals surface area (Å²) in [5.74, 6) is 0.788. The van der Waals surface area contributed by atoms with Crippen LogP contribution in [0, 0.1) is 0 Å². The van der Waals surface area contributed by atoms with E-state index in [1.165, 1.54) is 11.9 Å². The standard InChI is InChI=1S/C16H22N2O5/c1-16(2,3)23-15(20)18(4)12-9-22-13-7-6-10(21-5)8-11(13)17-14(12)19/h6-8,12H,9H2,1-5H3,(H,17,19)/t12-/m1/s1. The van der Waals surface area contributed by atoms with Crippen molar-refractivity contribution in [3.8, 4) is 11.5 Å². The number of methoxy groups -OCH3 is 1. The second-order valence-corrected chi connectivity index (χ2v) is 6.27. The van der Waals surface area contributed by atoms with Gasteiger partial charge >= 0.3 is 6.09 Å². The summed E-state index contributed by atoms with van der Waals surface area (Å²) in [5, 5.41) is 2.75. The maximum Gasteiger partial charge on any atom is 0.410 e. The van der Waals surface area contributed by atoms with Gasteiger partial charge in [0.25, 0.3) is 5.91 Å². The molecule has 1 atom stereocenters. The Kier molecular flexibility index (Phi) is 4.68. The second-order valence-electron chi connectivity index (χ2n) is 6.27. The number of ether oxygens (including phenoxy) is 3. The smallest absolute Gasteiger partial charge is 0.410 e. The number of hydrogen-bond acceptors (Lipinski definition) is 5. The Balaban J connectivity index is 2.15. The predicted molar refractivity (Wildman–Crippen MR) is 84.9 cm³/mol. The van der Waals surface area contributed by atoms with Crippen molar-refractivity contribution >= 4 is 17.7 Å². The Morgan fingerprint density at radius 2 is 2.09 bits per heavy atom. The summed E-state index contributed by atoms with van der Waals surface area (Å²) < 4.78 is 16.1. The Morgan fingerprint density at radius 1 is 1.39 bits per heavy atom. The molecule has 0 saturated heterocycles. The molecule has 7 nitrogen and oxygen atoms in total. The predicted octanol–water partition coefficient (Wildman–Crippen LogP) is 2.26. The molecular weight excluding hydrogens is 300 g/mol. The lowest BCUT2D eigenvalue weighted by atomic mass is 10.2. The van der Waals surface area contributed by atoms with E-state index >= 15 is 0 Å². The average Bonchev–Trinajstić information content (AvgIpc) is 2.62. The molecule has 1 aromatic carbocycles. The normalized spacial score (nSPS) is 17.3. The Labute approximate surface area is 135 Å². The number of rotatable bonds is 2. The van der Waals surface area contributed by atoms with Crippen LogP contribution in [0.5, 0.6) is 11.5 Å². The molecule has 0 radical (unpaired) electrons. The van der Waals surface area contributed by atoms with Crippen molar-refractivity contribution in [2.45, 2.75) is 32.4 Å². The van der Waals surface area contributed by atoms with Gasteiger partial charge in [0.2, 0.25) is 0 Å². The Bertz CT molecular complexity index is 609. The average molecular weight is 322 g/mol. The first-order valence-electron chi connectivity index (χ1n) is 7.29. The lowest BCUT2D eigenvalue weighted by Gasteiger charge is -2.28. The van der Waals surface area contributed by atoms with Gasteiger partial charge in [0.05, 0.1) is 12.8 Å². The van der Waals surface area contributed by atoms with Crippen molar-refractivity contribution in [3.05, 3.63) is 18.2 Å². The summed E-state index contributed by atoms with van der Waals surface area (Å²) in [7, 11) is 3.05. The van der Waals surface area contributed by atoms with Gasteiger partial charge in [0.15, 0.2) is 0 Å². The fourth-order valence-corrected chi connectivity index (χ4v) is 2.07. The number of carbonyl (C=O) groups excluding carboxylic acids is 2. The van der Waals surface area contributed by atoms with Crippen LogP contribution in [0.3, 0.4) is 0 Å². The van der Waals surface area contributed by atoms with E-state index in [4.69, 9.17) is 14.2 Å². The van der Waals surface area contributed by atoms with Gasteiger partial charge in [-0.15, -0.1) is 0 Å². The zero-order valence-corrected chi connectivity index (χ0v) is 14.0. The maximum absolute atomic E-state index is 12.4. The Morgan fingerprint density at radius 3 is 2.70 bits per heavy atom. The number of benzene rings is 1. The zero-order valence-electron chi connectivity index (χ0n) is 14.0. The van der Waals surface area contributed by atoms with E-state index in [9.17, 15) is 9.59 Å². The zero-order chi connectivity index (χ0) is 17.2. The van der Waals surface area contributed by atoms with Gasteiger partial charge in [0.1, 0.15) is 29.7 Å². The van der Waals surface area contributed by atoms with E-state index in [0.29, 0.717) is 17.2 Å². The summed E-state index contributed by atoms with van der Waals surface area (Å²) in [4.78, 5) is 25.8. The van der Waals surface area contributed by atoms with E-state index in [0.717, 1.165) is 0 Å². The number of amides is 2. The van der Waals surface area contributed by atoms with Gasteiger partial charge in [-0.05, 0) is 32.9 Å². The van der Waals surface area contributed by atoms with Crippen LogP contribution in [-0.4, -0.2) is 49.3 Å². The topological polar surface area (TPSA) is 77.1 Å². The van der Waals surface area contributed by atoms with Gasteiger partial charge in [-0.2, -0.15) is 0 Å². The molecule has 1 aliphatic rings. The van der Waals surface area contributed by atoms with Crippen molar-refractivity contribution in [1.82, 2.24) is 4.90 Å². The lowest BCUT2D eigenvalue weighted by molar-refractivity contribution is -0.121. The van der Waals surface area contributed by atoms with Crippen LogP contribution >= 0.6 is 0 Å². The van der Waals surface area contributed by atoms with Crippen LogP contribution in [0.1, 0.15) is 20.8 Å². The maximum atomic E-state index is 12.4. The molecule has 0 saturated carbocycles. The van der Waals surface area contributed by atoms with Crippen molar-refractivity contribution < 1.29 is 23.8 Å². The fourth-order valence-electron chi connectivity index (χ4n) is 2.07. The molecule has 1 N–H and O–H groups in total. The first-order chi connectivity index (χ1) is 10.7. The van der Waals surface area contributed by atoms with Crippen LogP contribution in [0.4, 0.5) is 10.5 Å². The van der Waals surface area contributed by atoms with Crippen molar-refractivity contribution in [2.24, 2.45) is 0 Å². The van der Waals surface area contributed by atoms with Gasteiger partial charge in [-0.1, -0.05) is 0 Å². The summed E-state index contributed by atoms with van der Waals surface area (Å²) >= 11 is 0. The molecule has 0 fully saturated rings. The third-order valence-corrected chi connectivity index (χ3v) is 3.29. The van der Waals surface area contributed by atoms with E-state index < -0.39 is 17.7 Å². The molecule has 1 heterocycles. The minimum Gasteiger partial charge on any atom is -0.497 e. The third-order valence-electron chi connectivity index (χ3n) is 3.29. The van der Waals surface area contributed by atoms with Gasteiger partial charge in [-0.25, -0.2) is 4.79 Å². The molecule has 0 unspecified atom stereocenters. The molecule has 1 aliphatic heterocycles. The Hall–Kier alpha value is -2.44. The van der Waals surface area contributed by atoms with E-state index in [-0.39, 0.29) is 12.5 Å². The number of fused-ring (bicyclic) bond motifs is 1. The highest BCUT2D eigenvalue weighted by molar-refractivity contribution is 5.98. The van der Waals surface area contributed by atoms with Crippen molar-refractivity contribution in [1.29, 1.82) is 0 Å². The highest BCUT2D eigenvalue weighted by Gasteiger charge is 2.33. The monoisotopic (exact) mass is 322 g/mol. The number of nitrogens with zero attached hydrogens (tertiary/aromatic N) is 1. The molecule has 0 bridgehead atoms. The molecule has 126 valence electrons. The quantitative estimate of drug-likeness (QED) is 0.904. The third kappa shape index (κ3) is 4.06. The number of anilines is 1. The van der Waals surface area contributed by atoms with Crippen molar-refractivity contribution in [3.63, 3.8) is 0 Å². The SMILES string of the molecule is COc1ccc2c(c1)NC(=O)[C@H](N(C)C(=O)OC(C)(C)C)CO2. The van der Waals surface area contributed by atoms with Crippen LogP contribution < -0.4 is 14.8 Å². The lowest BCUT2D eigenvalue weighted by Crippen LogP contribution is -2.49. The van der Waals surface area contributed by atoms with E-state index in [1.807, 2.05) is 0 Å². The van der Waals surface area contributed by atoms with E-state index in [1.54, 1.807) is 46.1 Å². The first kappa shape index (κ1) is 16.9. The molecular formula is C16H22N2O5. The molecule has 23 heavy (non-hydrogen) atoms. The number of carbonyl (C=O) groups is 2.